The van der Waals surface area contributed by atoms with E-state index in [2.05, 4.69) is 0 Å². The van der Waals surface area contributed by atoms with Crippen molar-refractivity contribution in [2.24, 2.45) is 11.7 Å². The Morgan fingerprint density at radius 2 is 2.25 bits per heavy atom. The van der Waals surface area contributed by atoms with Crippen LogP contribution in [-0.4, -0.2) is 37.6 Å². The van der Waals surface area contributed by atoms with Crippen LogP contribution < -0.4 is 10.5 Å². The number of para-hydroxylation sites is 1. The number of benzene rings is 1. The standard InChI is InChI=1S/C16H22N2O2/c1-12(14-5-3-4-6-15(14)20-2)9-16(19)18-8-7-13(10-17)11-18/h3-6,9,13H,7-8,10-11,17H2,1-2H3. The molecule has 1 aliphatic heterocycles. The van der Waals surface area contributed by atoms with E-state index in [1.807, 2.05) is 36.1 Å². The number of nitrogens with zero attached hydrogens (tertiary/aromatic N) is 1. The molecule has 1 atom stereocenters. The number of ether oxygens (including phenoxy) is 1. The van der Waals surface area contributed by atoms with Crippen LogP contribution in [0.15, 0.2) is 30.3 Å². The highest BCUT2D eigenvalue weighted by atomic mass is 16.5. The lowest BCUT2D eigenvalue weighted by Gasteiger charge is -2.15. The molecule has 108 valence electrons. The molecule has 1 unspecified atom stereocenters. The number of likely N-dealkylation sites (tertiary alicyclic amines) is 1. The molecule has 2 rings (SSSR count). The fourth-order valence-electron chi connectivity index (χ4n) is 2.55. The largest absolute Gasteiger partial charge is 0.496 e. The molecule has 0 radical (unpaired) electrons. The monoisotopic (exact) mass is 274 g/mol. The van der Waals surface area contributed by atoms with E-state index in [1.165, 1.54) is 0 Å². The number of carbonyl (C=O) groups is 1. The molecule has 20 heavy (non-hydrogen) atoms. The van der Waals surface area contributed by atoms with E-state index in [-0.39, 0.29) is 5.91 Å². The number of allylic oxidation sites excluding steroid dienone is 1. The number of rotatable bonds is 4. The third kappa shape index (κ3) is 3.20. The predicted molar refractivity (Wildman–Crippen MR) is 80.4 cm³/mol. The maximum Gasteiger partial charge on any atom is 0.246 e. The summed E-state index contributed by atoms with van der Waals surface area (Å²) in [5.41, 5.74) is 7.53. The van der Waals surface area contributed by atoms with Gasteiger partial charge >= 0.3 is 0 Å². The van der Waals surface area contributed by atoms with Crippen LogP contribution in [0.5, 0.6) is 5.75 Å². The van der Waals surface area contributed by atoms with Crippen LogP contribution in [0.2, 0.25) is 0 Å². The molecular weight excluding hydrogens is 252 g/mol. The number of methoxy groups -OCH3 is 1. The number of amides is 1. The van der Waals surface area contributed by atoms with Crippen molar-refractivity contribution < 1.29 is 9.53 Å². The van der Waals surface area contributed by atoms with Gasteiger partial charge in [0.05, 0.1) is 7.11 Å². The lowest BCUT2D eigenvalue weighted by atomic mass is 10.1. The molecule has 2 N–H and O–H groups in total. The van der Waals surface area contributed by atoms with Crippen LogP contribution in [0.3, 0.4) is 0 Å². The van der Waals surface area contributed by atoms with Gasteiger partial charge in [0, 0.05) is 24.7 Å². The molecule has 1 fully saturated rings. The number of carbonyl (C=O) groups excluding carboxylic acids is 1. The van der Waals surface area contributed by atoms with Crippen LogP contribution in [0.4, 0.5) is 0 Å². The zero-order chi connectivity index (χ0) is 14.5. The van der Waals surface area contributed by atoms with Gasteiger partial charge in [0.2, 0.25) is 5.91 Å². The highest BCUT2D eigenvalue weighted by molar-refractivity contribution is 5.95. The first kappa shape index (κ1) is 14.6. The van der Waals surface area contributed by atoms with Gasteiger partial charge in [-0.25, -0.2) is 0 Å². The SMILES string of the molecule is COc1ccccc1C(C)=CC(=O)N1CCC(CN)C1. The zero-order valence-electron chi connectivity index (χ0n) is 12.1. The molecule has 1 aromatic carbocycles. The maximum absolute atomic E-state index is 12.3. The molecule has 1 amide bonds. The normalized spacial score (nSPS) is 19.2. The molecule has 1 heterocycles. The first-order valence-corrected chi connectivity index (χ1v) is 6.96. The topological polar surface area (TPSA) is 55.6 Å². The Bertz CT molecular complexity index is 511. The second kappa shape index (κ2) is 6.57. The quantitative estimate of drug-likeness (QED) is 0.853. The van der Waals surface area contributed by atoms with E-state index in [4.69, 9.17) is 10.5 Å². The molecule has 0 spiro atoms. The Morgan fingerprint density at radius 3 is 2.90 bits per heavy atom. The van der Waals surface area contributed by atoms with Crippen molar-refractivity contribution >= 4 is 11.5 Å². The third-order valence-electron chi connectivity index (χ3n) is 3.80. The summed E-state index contributed by atoms with van der Waals surface area (Å²) in [5, 5.41) is 0. The second-order valence-electron chi connectivity index (χ2n) is 5.20. The van der Waals surface area contributed by atoms with Crippen molar-refractivity contribution in [3.63, 3.8) is 0 Å². The van der Waals surface area contributed by atoms with Crippen molar-refractivity contribution in [3.05, 3.63) is 35.9 Å². The van der Waals surface area contributed by atoms with Crippen LogP contribution in [0, 0.1) is 5.92 Å². The third-order valence-corrected chi connectivity index (χ3v) is 3.80. The summed E-state index contributed by atoms with van der Waals surface area (Å²) in [6.45, 7) is 4.16. The molecule has 0 aromatic heterocycles. The van der Waals surface area contributed by atoms with Crippen LogP contribution in [0.25, 0.3) is 5.57 Å². The van der Waals surface area contributed by atoms with E-state index < -0.39 is 0 Å². The lowest BCUT2D eigenvalue weighted by Crippen LogP contribution is -2.28. The van der Waals surface area contributed by atoms with Gasteiger partial charge in [-0.05, 0) is 37.4 Å². The van der Waals surface area contributed by atoms with Gasteiger partial charge in [0.25, 0.3) is 0 Å². The summed E-state index contributed by atoms with van der Waals surface area (Å²) in [4.78, 5) is 14.1. The summed E-state index contributed by atoms with van der Waals surface area (Å²) in [7, 11) is 1.64. The predicted octanol–water partition coefficient (Wildman–Crippen LogP) is 1.91. The zero-order valence-corrected chi connectivity index (χ0v) is 12.1. The minimum absolute atomic E-state index is 0.0596. The summed E-state index contributed by atoms with van der Waals surface area (Å²) in [6.07, 6.45) is 2.69. The fourth-order valence-corrected chi connectivity index (χ4v) is 2.55. The Morgan fingerprint density at radius 1 is 1.50 bits per heavy atom. The summed E-state index contributed by atoms with van der Waals surface area (Å²) >= 11 is 0. The average Bonchev–Trinajstić information content (AvgIpc) is 2.96. The summed E-state index contributed by atoms with van der Waals surface area (Å²) < 4.78 is 5.33. The van der Waals surface area contributed by atoms with Crippen molar-refractivity contribution in [2.75, 3.05) is 26.7 Å². The van der Waals surface area contributed by atoms with Gasteiger partial charge in [0.15, 0.2) is 0 Å². The fraction of sp³-hybridized carbons (Fsp3) is 0.438. The molecule has 0 saturated carbocycles. The van der Waals surface area contributed by atoms with E-state index >= 15 is 0 Å². The van der Waals surface area contributed by atoms with Crippen molar-refractivity contribution in [1.29, 1.82) is 0 Å². The van der Waals surface area contributed by atoms with Gasteiger partial charge in [-0.2, -0.15) is 0 Å². The lowest BCUT2D eigenvalue weighted by molar-refractivity contribution is -0.125. The van der Waals surface area contributed by atoms with E-state index in [1.54, 1.807) is 13.2 Å². The van der Waals surface area contributed by atoms with Crippen LogP contribution >= 0.6 is 0 Å². The van der Waals surface area contributed by atoms with Crippen molar-refractivity contribution in [2.45, 2.75) is 13.3 Å². The molecular formula is C16H22N2O2. The first-order chi connectivity index (χ1) is 9.65. The van der Waals surface area contributed by atoms with Gasteiger partial charge in [-0.3, -0.25) is 4.79 Å². The van der Waals surface area contributed by atoms with Crippen molar-refractivity contribution in [1.82, 2.24) is 4.90 Å². The van der Waals surface area contributed by atoms with Gasteiger partial charge in [0.1, 0.15) is 5.75 Å². The number of hydrogen-bond donors (Lipinski definition) is 1. The Labute approximate surface area is 120 Å². The molecule has 1 aliphatic rings. The molecule has 0 bridgehead atoms. The minimum atomic E-state index is 0.0596. The number of hydrogen-bond acceptors (Lipinski definition) is 3. The average molecular weight is 274 g/mol. The smallest absolute Gasteiger partial charge is 0.246 e. The van der Waals surface area contributed by atoms with Crippen LogP contribution in [0.1, 0.15) is 18.9 Å². The Hall–Kier alpha value is -1.81. The van der Waals surface area contributed by atoms with E-state index in [0.717, 1.165) is 36.4 Å². The highest BCUT2D eigenvalue weighted by Crippen LogP contribution is 2.25. The molecule has 4 nitrogen and oxygen atoms in total. The van der Waals surface area contributed by atoms with Gasteiger partial charge < -0.3 is 15.4 Å². The summed E-state index contributed by atoms with van der Waals surface area (Å²) in [5.74, 6) is 1.29. The van der Waals surface area contributed by atoms with E-state index in [0.29, 0.717) is 12.5 Å². The molecule has 1 aromatic rings. The van der Waals surface area contributed by atoms with Crippen molar-refractivity contribution in [3.8, 4) is 5.75 Å². The van der Waals surface area contributed by atoms with Crippen LogP contribution in [-0.2, 0) is 4.79 Å². The molecule has 1 saturated heterocycles. The van der Waals surface area contributed by atoms with E-state index in [9.17, 15) is 4.79 Å². The Balaban J connectivity index is 2.12. The highest BCUT2D eigenvalue weighted by Gasteiger charge is 2.24. The Kier molecular flexibility index (Phi) is 4.79. The van der Waals surface area contributed by atoms with Gasteiger partial charge in [-0.1, -0.05) is 18.2 Å². The summed E-state index contributed by atoms with van der Waals surface area (Å²) in [6, 6.07) is 7.73. The van der Waals surface area contributed by atoms with Gasteiger partial charge in [-0.15, -0.1) is 0 Å². The minimum Gasteiger partial charge on any atom is -0.496 e. The maximum atomic E-state index is 12.3. The second-order valence-corrected chi connectivity index (χ2v) is 5.20. The first-order valence-electron chi connectivity index (χ1n) is 6.96. The number of nitrogens with two attached hydrogens (primary N) is 1. The molecule has 0 aliphatic carbocycles. The molecule has 4 heteroatoms.